The molecule has 9 nitrogen and oxygen atoms in total. The van der Waals surface area contributed by atoms with Crippen LogP contribution < -0.4 is 5.73 Å². The van der Waals surface area contributed by atoms with Crippen LogP contribution in [-0.4, -0.2) is 49.3 Å². The molecule has 2 unspecified atom stereocenters. The van der Waals surface area contributed by atoms with E-state index >= 15 is 0 Å². The number of carbonyl (C=O) groups is 2. The Morgan fingerprint density at radius 2 is 1.06 bits per heavy atom. The normalized spacial score (nSPS) is 13.7. The standard InChI is InChI=1S/C41H76NO8P/c1-3-5-7-9-11-13-15-17-19-21-23-25-27-29-31-33-40(43)47-37-39(38-49-51(45,46)48-36-35-42)50-41(44)34-32-30-28-26-24-22-20-18-16-14-12-10-8-6-4-2/h16,18,22,24,28,30,39H,3-15,17,19-21,23,25-27,29,31-38,42H2,1-2H3,(H,45,46). The van der Waals surface area contributed by atoms with Gasteiger partial charge < -0.3 is 20.1 Å². The lowest BCUT2D eigenvalue weighted by atomic mass is 10.0. The van der Waals surface area contributed by atoms with Gasteiger partial charge in [0, 0.05) is 19.4 Å². The first-order chi connectivity index (χ1) is 24.8. The summed E-state index contributed by atoms with van der Waals surface area (Å²) in [5, 5.41) is 0. The summed E-state index contributed by atoms with van der Waals surface area (Å²) < 4.78 is 32.6. The van der Waals surface area contributed by atoms with Crippen LogP contribution in [0.25, 0.3) is 0 Å². The van der Waals surface area contributed by atoms with Crippen molar-refractivity contribution >= 4 is 19.8 Å². The van der Waals surface area contributed by atoms with Gasteiger partial charge in [-0.25, -0.2) is 4.57 Å². The predicted octanol–water partition coefficient (Wildman–Crippen LogP) is 11.4. The molecule has 51 heavy (non-hydrogen) atoms. The van der Waals surface area contributed by atoms with E-state index in [0.717, 1.165) is 38.5 Å². The molecule has 0 aromatic rings. The fraction of sp³-hybridized carbons (Fsp3) is 0.805. The van der Waals surface area contributed by atoms with Crippen molar-refractivity contribution in [1.29, 1.82) is 0 Å². The van der Waals surface area contributed by atoms with Gasteiger partial charge in [-0.1, -0.05) is 166 Å². The molecule has 0 bridgehead atoms. The molecule has 0 aliphatic heterocycles. The molecule has 0 saturated heterocycles. The van der Waals surface area contributed by atoms with E-state index in [1.807, 2.05) is 12.2 Å². The number of allylic oxidation sites excluding steroid dienone is 6. The second-order valence-electron chi connectivity index (χ2n) is 13.5. The summed E-state index contributed by atoms with van der Waals surface area (Å²) in [6, 6.07) is 0. The van der Waals surface area contributed by atoms with Crippen molar-refractivity contribution < 1.29 is 37.6 Å². The summed E-state index contributed by atoms with van der Waals surface area (Å²) in [5.41, 5.74) is 5.33. The van der Waals surface area contributed by atoms with Crippen molar-refractivity contribution in [3.05, 3.63) is 36.5 Å². The van der Waals surface area contributed by atoms with Crippen LogP contribution in [0.5, 0.6) is 0 Å². The van der Waals surface area contributed by atoms with Crippen LogP contribution in [0.3, 0.4) is 0 Å². The molecule has 3 N–H and O–H groups in total. The van der Waals surface area contributed by atoms with Gasteiger partial charge in [-0.15, -0.1) is 0 Å². The molecule has 0 saturated carbocycles. The van der Waals surface area contributed by atoms with Crippen LogP contribution >= 0.6 is 7.82 Å². The van der Waals surface area contributed by atoms with Crippen LogP contribution in [0.2, 0.25) is 0 Å². The number of ether oxygens (including phenoxy) is 2. The first kappa shape index (κ1) is 49.2. The number of hydrogen-bond donors (Lipinski definition) is 2. The monoisotopic (exact) mass is 742 g/mol. The van der Waals surface area contributed by atoms with E-state index in [9.17, 15) is 19.0 Å². The van der Waals surface area contributed by atoms with E-state index < -0.39 is 32.5 Å². The zero-order valence-electron chi connectivity index (χ0n) is 32.6. The first-order valence-corrected chi connectivity index (χ1v) is 22.0. The molecule has 298 valence electrons. The van der Waals surface area contributed by atoms with Gasteiger partial charge in [0.15, 0.2) is 6.10 Å². The molecule has 0 spiro atoms. The Bertz CT molecular complexity index is 939. The second kappa shape index (κ2) is 38.0. The zero-order chi connectivity index (χ0) is 37.5. The first-order valence-electron chi connectivity index (χ1n) is 20.5. The van der Waals surface area contributed by atoms with E-state index in [2.05, 4.69) is 38.2 Å². The van der Waals surface area contributed by atoms with Gasteiger partial charge in [0.25, 0.3) is 0 Å². The molecule has 0 fully saturated rings. The predicted molar refractivity (Wildman–Crippen MR) is 210 cm³/mol. The van der Waals surface area contributed by atoms with E-state index in [-0.39, 0.29) is 32.6 Å². The SMILES string of the molecule is CCCCCCCC=CCC=CCC=CCCC(=O)OC(COC(=O)CCCCCCCCCCCCCCCCC)COP(=O)(O)OCCN. The van der Waals surface area contributed by atoms with E-state index in [4.69, 9.17) is 24.3 Å². The number of hydrogen-bond acceptors (Lipinski definition) is 8. The third-order valence-corrected chi connectivity index (χ3v) is 9.53. The summed E-state index contributed by atoms with van der Waals surface area (Å²) in [5.74, 6) is -0.913. The summed E-state index contributed by atoms with van der Waals surface area (Å²) in [4.78, 5) is 34.7. The van der Waals surface area contributed by atoms with Crippen molar-refractivity contribution in [2.75, 3.05) is 26.4 Å². The topological polar surface area (TPSA) is 134 Å². The minimum Gasteiger partial charge on any atom is -0.462 e. The number of rotatable bonds is 38. The molecule has 0 amide bonds. The summed E-state index contributed by atoms with van der Waals surface area (Å²) in [6.07, 6.45) is 40.5. The van der Waals surface area contributed by atoms with Crippen LogP contribution in [0.15, 0.2) is 36.5 Å². The average Bonchev–Trinajstić information content (AvgIpc) is 3.11. The number of phosphoric ester groups is 1. The number of unbranched alkanes of at least 4 members (excludes halogenated alkanes) is 19. The van der Waals surface area contributed by atoms with E-state index in [1.165, 1.54) is 109 Å². The van der Waals surface area contributed by atoms with Gasteiger partial charge >= 0.3 is 19.8 Å². The molecule has 0 aliphatic carbocycles. The van der Waals surface area contributed by atoms with Gasteiger partial charge in [-0.05, 0) is 38.5 Å². The Hall–Kier alpha value is -1.77. The quantitative estimate of drug-likeness (QED) is 0.0274. The minimum absolute atomic E-state index is 0.0445. The van der Waals surface area contributed by atoms with Gasteiger partial charge in [0.2, 0.25) is 0 Å². The Kier molecular flexibility index (Phi) is 36.7. The fourth-order valence-electron chi connectivity index (χ4n) is 5.49. The molecular weight excluding hydrogens is 665 g/mol. The number of carbonyl (C=O) groups excluding carboxylic acids is 2. The lowest BCUT2D eigenvalue weighted by molar-refractivity contribution is -0.161. The molecule has 0 aromatic carbocycles. The number of esters is 2. The number of phosphoric acid groups is 1. The van der Waals surface area contributed by atoms with Gasteiger partial charge in [0.05, 0.1) is 13.2 Å². The van der Waals surface area contributed by atoms with Crippen LogP contribution in [0.1, 0.15) is 181 Å². The van der Waals surface area contributed by atoms with Crippen molar-refractivity contribution in [2.24, 2.45) is 5.73 Å². The lowest BCUT2D eigenvalue weighted by Crippen LogP contribution is -2.29. The molecule has 0 heterocycles. The maximum atomic E-state index is 12.5. The highest BCUT2D eigenvalue weighted by molar-refractivity contribution is 7.47. The third-order valence-electron chi connectivity index (χ3n) is 8.54. The fourth-order valence-corrected chi connectivity index (χ4v) is 6.25. The minimum atomic E-state index is -4.39. The van der Waals surface area contributed by atoms with Crippen LogP contribution in [-0.2, 0) is 32.7 Å². The smallest absolute Gasteiger partial charge is 0.462 e. The number of nitrogens with two attached hydrogens (primary N) is 1. The van der Waals surface area contributed by atoms with Crippen molar-refractivity contribution in [3.63, 3.8) is 0 Å². The van der Waals surface area contributed by atoms with E-state index in [0.29, 0.717) is 6.42 Å². The molecule has 0 aromatic heterocycles. The Morgan fingerprint density at radius 3 is 1.59 bits per heavy atom. The highest BCUT2D eigenvalue weighted by Gasteiger charge is 2.25. The summed E-state index contributed by atoms with van der Waals surface area (Å²) in [6.45, 7) is 3.65. The van der Waals surface area contributed by atoms with Gasteiger partial charge in [-0.3, -0.25) is 18.6 Å². The molecule has 0 radical (unpaired) electrons. The van der Waals surface area contributed by atoms with Crippen molar-refractivity contribution in [1.82, 2.24) is 0 Å². The molecule has 0 rings (SSSR count). The maximum absolute atomic E-state index is 12.5. The lowest BCUT2D eigenvalue weighted by Gasteiger charge is -2.19. The zero-order valence-corrected chi connectivity index (χ0v) is 33.5. The van der Waals surface area contributed by atoms with Gasteiger partial charge in [0.1, 0.15) is 6.61 Å². The Morgan fingerprint density at radius 1 is 0.588 bits per heavy atom. The van der Waals surface area contributed by atoms with Crippen molar-refractivity contribution in [2.45, 2.75) is 187 Å². The molecule has 2 atom stereocenters. The van der Waals surface area contributed by atoms with Crippen molar-refractivity contribution in [3.8, 4) is 0 Å². The summed E-state index contributed by atoms with van der Waals surface area (Å²) in [7, 11) is -4.39. The summed E-state index contributed by atoms with van der Waals surface area (Å²) >= 11 is 0. The molecule has 10 heteroatoms. The van der Waals surface area contributed by atoms with Crippen LogP contribution in [0.4, 0.5) is 0 Å². The Labute approximate surface area is 312 Å². The van der Waals surface area contributed by atoms with E-state index in [1.54, 1.807) is 0 Å². The maximum Gasteiger partial charge on any atom is 0.472 e. The Balaban J connectivity index is 4.27. The highest BCUT2D eigenvalue weighted by Crippen LogP contribution is 2.43. The third kappa shape index (κ3) is 37.8. The second-order valence-corrected chi connectivity index (χ2v) is 15.0. The van der Waals surface area contributed by atoms with Crippen LogP contribution in [0, 0.1) is 0 Å². The highest BCUT2D eigenvalue weighted by atomic mass is 31.2. The molecule has 0 aliphatic rings. The molecular formula is C41H76NO8P. The average molecular weight is 742 g/mol. The van der Waals surface area contributed by atoms with Gasteiger partial charge in [-0.2, -0.15) is 0 Å². The largest absolute Gasteiger partial charge is 0.472 e.